The molecule has 1 aliphatic rings. The smallest absolute Gasteiger partial charge is 0.255 e. The number of aryl methyl sites for hydroxylation is 1. The molecule has 0 saturated carbocycles. The summed E-state index contributed by atoms with van der Waals surface area (Å²) in [4.78, 5) is 16.4. The fourth-order valence-electron chi connectivity index (χ4n) is 5.81. The zero-order chi connectivity index (χ0) is 33.5. The molecule has 0 aliphatic carbocycles. The zero-order valence-corrected chi connectivity index (χ0v) is 26.3. The molecule has 1 saturated heterocycles. The fourth-order valence-corrected chi connectivity index (χ4v) is 5.81. The molecule has 12 heteroatoms. The van der Waals surface area contributed by atoms with Crippen molar-refractivity contribution in [3.05, 3.63) is 132 Å². The third-order valence-electron chi connectivity index (χ3n) is 8.20. The Labute approximate surface area is 276 Å². The molecule has 2 atom stereocenters. The number of nitrogens with zero attached hydrogens (tertiary/aromatic N) is 3. The van der Waals surface area contributed by atoms with Crippen molar-refractivity contribution < 1.29 is 27.4 Å². The van der Waals surface area contributed by atoms with Crippen LogP contribution in [0, 0.1) is 30.3 Å². The quantitative estimate of drug-likeness (QED) is 0.120. The number of hydrogen-bond donors (Lipinski definition) is 3. The Kier molecular flexibility index (Phi) is 9.91. The van der Waals surface area contributed by atoms with Crippen LogP contribution in [-0.4, -0.2) is 47.0 Å². The highest BCUT2D eigenvalue weighted by Crippen LogP contribution is 2.42. The molecule has 9 nitrogen and oxygen atoms in total. The number of ether oxygens (including phenoxy) is 2. The third kappa shape index (κ3) is 7.95. The largest absolute Gasteiger partial charge is 0.493 e. The van der Waals surface area contributed by atoms with Crippen LogP contribution >= 0.6 is 0 Å². The SMILES string of the molecule is Cc1cc(NCCNc2ccc(C(=O)Nc3ccc(F)cc3)cc2)ccc1OC[C@@H]1CO[C@@](Cn2cncn2)(c2ccc(F)cc2F)C1. The summed E-state index contributed by atoms with van der Waals surface area (Å²) in [5, 5.41) is 13.6. The number of anilines is 3. The van der Waals surface area contributed by atoms with Gasteiger partial charge in [0.15, 0.2) is 0 Å². The molecule has 48 heavy (non-hydrogen) atoms. The number of amides is 1. The summed E-state index contributed by atoms with van der Waals surface area (Å²) >= 11 is 0. The van der Waals surface area contributed by atoms with Gasteiger partial charge in [0.05, 0.1) is 19.8 Å². The molecule has 0 bridgehead atoms. The summed E-state index contributed by atoms with van der Waals surface area (Å²) in [6, 6.07) is 22.2. The molecule has 3 N–H and O–H groups in total. The average molecular weight is 657 g/mol. The number of hydrogen-bond acceptors (Lipinski definition) is 7. The predicted molar refractivity (Wildman–Crippen MR) is 177 cm³/mol. The highest BCUT2D eigenvalue weighted by molar-refractivity contribution is 6.04. The molecule has 248 valence electrons. The van der Waals surface area contributed by atoms with E-state index in [0.717, 1.165) is 28.8 Å². The molecule has 1 aromatic heterocycles. The summed E-state index contributed by atoms with van der Waals surface area (Å²) in [7, 11) is 0. The van der Waals surface area contributed by atoms with E-state index in [4.69, 9.17) is 9.47 Å². The molecule has 0 spiro atoms. The molecule has 0 unspecified atom stereocenters. The molecular formula is C36H35F3N6O3. The van der Waals surface area contributed by atoms with Crippen molar-refractivity contribution >= 4 is 23.0 Å². The van der Waals surface area contributed by atoms with Crippen molar-refractivity contribution in [1.29, 1.82) is 0 Å². The number of halogens is 3. The predicted octanol–water partition coefficient (Wildman–Crippen LogP) is 6.79. The van der Waals surface area contributed by atoms with Crippen molar-refractivity contribution in [1.82, 2.24) is 14.8 Å². The molecular weight excluding hydrogens is 621 g/mol. The minimum Gasteiger partial charge on any atom is -0.493 e. The molecule has 1 amide bonds. The third-order valence-corrected chi connectivity index (χ3v) is 8.20. The van der Waals surface area contributed by atoms with Gasteiger partial charge in [-0.25, -0.2) is 22.8 Å². The first-order chi connectivity index (χ1) is 23.3. The van der Waals surface area contributed by atoms with Gasteiger partial charge in [0, 0.05) is 53.3 Å². The molecule has 1 aliphatic heterocycles. The van der Waals surface area contributed by atoms with Gasteiger partial charge in [-0.2, -0.15) is 5.10 Å². The van der Waals surface area contributed by atoms with Gasteiger partial charge in [0.2, 0.25) is 0 Å². The second-order valence-electron chi connectivity index (χ2n) is 11.8. The number of benzene rings is 4. The lowest BCUT2D eigenvalue weighted by atomic mass is 9.87. The first-order valence-corrected chi connectivity index (χ1v) is 15.6. The highest BCUT2D eigenvalue weighted by Gasteiger charge is 2.44. The van der Waals surface area contributed by atoms with Crippen LogP contribution in [0.1, 0.15) is 27.9 Å². The number of aromatic nitrogens is 3. The van der Waals surface area contributed by atoms with Crippen molar-refractivity contribution in [2.24, 2.45) is 5.92 Å². The Bertz CT molecular complexity index is 1840. The molecule has 4 aromatic carbocycles. The number of nitrogens with one attached hydrogen (secondary N) is 3. The van der Waals surface area contributed by atoms with Crippen LogP contribution in [0.25, 0.3) is 0 Å². The second-order valence-corrected chi connectivity index (χ2v) is 11.8. The van der Waals surface area contributed by atoms with E-state index >= 15 is 0 Å². The van der Waals surface area contributed by atoms with E-state index in [9.17, 15) is 18.0 Å². The van der Waals surface area contributed by atoms with Crippen LogP contribution in [0.3, 0.4) is 0 Å². The topological polar surface area (TPSA) is 102 Å². The van der Waals surface area contributed by atoms with Crippen LogP contribution in [0.15, 0.2) is 97.6 Å². The minimum absolute atomic E-state index is 0.0282. The maximum atomic E-state index is 14.9. The van der Waals surface area contributed by atoms with E-state index in [1.807, 2.05) is 37.3 Å². The van der Waals surface area contributed by atoms with Crippen molar-refractivity contribution in [3.8, 4) is 5.75 Å². The first kappa shape index (κ1) is 32.6. The summed E-state index contributed by atoms with van der Waals surface area (Å²) in [5.41, 5.74) is 3.05. The standard InChI is InChI=1S/C36H35F3N6O3/c1-24-16-31(42-15-14-41-29-7-2-26(3-8-29)35(46)44-30-9-4-27(37)5-10-30)11-13-34(24)47-19-25-18-36(48-20-25,21-45-23-40-22-43-45)32-12-6-28(38)17-33(32)39/h2-13,16-17,22-23,25,41-42H,14-15,18-21H2,1H3,(H,44,46)/t25-,36+/m1/s1. The van der Waals surface area contributed by atoms with Gasteiger partial charge >= 0.3 is 0 Å². The van der Waals surface area contributed by atoms with Gasteiger partial charge in [-0.05, 0) is 91.7 Å². The Hall–Kier alpha value is -5.36. The van der Waals surface area contributed by atoms with Gasteiger partial charge in [-0.3, -0.25) is 4.79 Å². The van der Waals surface area contributed by atoms with Crippen LogP contribution in [0.5, 0.6) is 5.75 Å². The molecule has 0 radical (unpaired) electrons. The molecule has 1 fully saturated rings. The van der Waals surface area contributed by atoms with Crippen molar-refractivity contribution in [2.45, 2.75) is 25.5 Å². The van der Waals surface area contributed by atoms with Gasteiger partial charge < -0.3 is 25.4 Å². The van der Waals surface area contributed by atoms with Gasteiger partial charge in [-0.1, -0.05) is 6.07 Å². The van der Waals surface area contributed by atoms with E-state index in [2.05, 4.69) is 26.0 Å². The van der Waals surface area contributed by atoms with Gasteiger partial charge in [-0.15, -0.1) is 0 Å². The lowest BCUT2D eigenvalue weighted by Gasteiger charge is -2.29. The Morgan fingerprint density at radius 1 is 0.917 bits per heavy atom. The maximum Gasteiger partial charge on any atom is 0.255 e. The first-order valence-electron chi connectivity index (χ1n) is 15.6. The summed E-state index contributed by atoms with van der Waals surface area (Å²) in [6.45, 7) is 4.22. The van der Waals surface area contributed by atoms with Crippen molar-refractivity contribution in [2.75, 3.05) is 42.3 Å². The lowest BCUT2D eigenvalue weighted by Crippen LogP contribution is -2.32. The highest BCUT2D eigenvalue weighted by atomic mass is 19.1. The van der Waals surface area contributed by atoms with Crippen LogP contribution in [-0.2, 0) is 16.9 Å². The Morgan fingerprint density at radius 2 is 1.62 bits per heavy atom. The van der Waals surface area contributed by atoms with Gasteiger partial charge in [0.25, 0.3) is 5.91 Å². The molecule has 6 rings (SSSR count). The minimum atomic E-state index is -1.03. The van der Waals surface area contributed by atoms with E-state index in [-0.39, 0.29) is 29.8 Å². The van der Waals surface area contributed by atoms with E-state index in [1.165, 1.54) is 42.7 Å². The Morgan fingerprint density at radius 3 is 2.33 bits per heavy atom. The number of rotatable bonds is 13. The monoisotopic (exact) mass is 656 g/mol. The normalized spacial score (nSPS) is 17.2. The molecule has 2 heterocycles. The van der Waals surface area contributed by atoms with E-state index in [0.29, 0.717) is 44.0 Å². The average Bonchev–Trinajstić information content (AvgIpc) is 3.74. The summed E-state index contributed by atoms with van der Waals surface area (Å²) in [6.07, 6.45) is 3.42. The fraction of sp³-hybridized carbons (Fsp3) is 0.250. The lowest BCUT2D eigenvalue weighted by molar-refractivity contribution is -0.0206. The Balaban J connectivity index is 0.969. The van der Waals surface area contributed by atoms with Gasteiger partial charge in [0.1, 0.15) is 41.5 Å². The van der Waals surface area contributed by atoms with Crippen LogP contribution in [0.4, 0.5) is 30.2 Å². The van der Waals surface area contributed by atoms with Crippen LogP contribution in [0.2, 0.25) is 0 Å². The van der Waals surface area contributed by atoms with Crippen LogP contribution < -0.4 is 20.7 Å². The summed E-state index contributed by atoms with van der Waals surface area (Å²) < 4.78 is 55.7. The molecule has 5 aromatic rings. The zero-order valence-electron chi connectivity index (χ0n) is 26.3. The maximum absolute atomic E-state index is 14.9. The number of carbonyl (C=O) groups is 1. The summed E-state index contributed by atoms with van der Waals surface area (Å²) in [5.74, 6) is -1.23. The number of carbonyl (C=O) groups excluding carboxylic acids is 1. The second kappa shape index (κ2) is 14.6. The van der Waals surface area contributed by atoms with E-state index in [1.54, 1.807) is 23.1 Å². The van der Waals surface area contributed by atoms with E-state index < -0.39 is 17.2 Å². The van der Waals surface area contributed by atoms with Crippen molar-refractivity contribution in [3.63, 3.8) is 0 Å².